The minimum atomic E-state index is -0.457. The molecule has 2 aromatic heterocycles. The Bertz CT molecular complexity index is 1420. The van der Waals surface area contributed by atoms with Gasteiger partial charge in [0, 0.05) is 47.3 Å². The molecule has 0 radical (unpaired) electrons. The first-order valence-corrected chi connectivity index (χ1v) is 13.2. The Morgan fingerprint density at radius 1 is 1.14 bits per heavy atom. The van der Waals surface area contributed by atoms with Crippen LogP contribution in [0.3, 0.4) is 0 Å². The largest absolute Gasteiger partial charge is 0.483 e. The number of rotatable bonds is 5. The van der Waals surface area contributed by atoms with Gasteiger partial charge in [0.25, 0.3) is 0 Å². The first-order chi connectivity index (χ1) is 17.7. The van der Waals surface area contributed by atoms with E-state index in [1.165, 1.54) is 35.0 Å². The molecule has 7 rings (SSSR count). The number of H-pyrrole nitrogens is 1. The Hall–Kier alpha value is -3.51. The number of aromatic amines is 1. The van der Waals surface area contributed by atoms with E-state index in [2.05, 4.69) is 68.8 Å². The third kappa shape index (κ3) is 3.71. The van der Waals surface area contributed by atoms with Gasteiger partial charge in [-0.1, -0.05) is 18.2 Å². The molecule has 1 aliphatic heterocycles. The van der Waals surface area contributed by atoms with Gasteiger partial charge in [-0.15, -0.1) is 0 Å². The summed E-state index contributed by atoms with van der Waals surface area (Å²) in [5, 5.41) is 15.1. The number of benzene rings is 2. The van der Waals surface area contributed by atoms with Crippen molar-refractivity contribution in [3.63, 3.8) is 0 Å². The van der Waals surface area contributed by atoms with E-state index in [1.807, 2.05) is 6.07 Å². The summed E-state index contributed by atoms with van der Waals surface area (Å²) < 4.78 is 6.77. The van der Waals surface area contributed by atoms with Crippen LogP contribution in [0.25, 0.3) is 10.9 Å². The number of aliphatic hydroxyl groups excluding tert-OH is 1. The van der Waals surface area contributed by atoms with Gasteiger partial charge in [0.2, 0.25) is 0 Å². The van der Waals surface area contributed by atoms with E-state index in [-0.39, 0.29) is 5.60 Å². The van der Waals surface area contributed by atoms with Gasteiger partial charge in [0.05, 0.1) is 24.0 Å². The molecule has 36 heavy (non-hydrogen) atoms. The van der Waals surface area contributed by atoms with E-state index in [0.717, 1.165) is 73.6 Å². The van der Waals surface area contributed by atoms with E-state index in [0.29, 0.717) is 0 Å². The molecule has 1 spiro atoms. The van der Waals surface area contributed by atoms with Crippen molar-refractivity contribution >= 4 is 28.0 Å². The van der Waals surface area contributed by atoms with Crippen molar-refractivity contribution in [3.05, 3.63) is 77.7 Å². The summed E-state index contributed by atoms with van der Waals surface area (Å²) in [5.41, 5.74) is 7.62. The van der Waals surface area contributed by atoms with Gasteiger partial charge in [-0.05, 0) is 80.3 Å². The molecule has 2 aliphatic carbocycles. The second kappa shape index (κ2) is 8.56. The highest BCUT2D eigenvalue weighted by Crippen LogP contribution is 2.45. The van der Waals surface area contributed by atoms with E-state index in [1.54, 1.807) is 6.20 Å². The first kappa shape index (κ1) is 21.7. The zero-order chi connectivity index (χ0) is 24.1. The van der Waals surface area contributed by atoms with Crippen LogP contribution in [-0.2, 0) is 12.8 Å². The molecule has 0 unspecified atom stereocenters. The standard InChI is InChI=1S/C30H32N4O2/c35-27-10-8-23-25(11-15-31-29(23)27)33-21-7-9-26-28(17-21)36-30(13-3-4-14-30)19-34(26)16-12-20-18-32-24-6-2-1-5-22(20)24/h1-2,5-7,9,11,15,17-18,27,32,35H,3-4,8,10,12-14,16,19H2,(H,31,33)/t27-/m1/s1. The summed E-state index contributed by atoms with van der Waals surface area (Å²) in [6.07, 6.45) is 10.8. The number of anilines is 3. The molecule has 184 valence electrons. The van der Waals surface area contributed by atoms with Gasteiger partial charge in [-0.3, -0.25) is 4.98 Å². The second-order valence-electron chi connectivity index (χ2n) is 10.6. The van der Waals surface area contributed by atoms with E-state index in [4.69, 9.17) is 4.74 Å². The van der Waals surface area contributed by atoms with Crippen molar-refractivity contribution in [1.82, 2.24) is 9.97 Å². The number of aromatic nitrogens is 2. The summed E-state index contributed by atoms with van der Waals surface area (Å²) in [6.45, 7) is 1.91. The zero-order valence-electron chi connectivity index (χ0n) is 20.5. The van der Waals surface area contributed by atoms with Gasteiger partial charge in [0.15, 0.2) is 0 Å². The summed E-state index contributed by atoms with van der Waals surface area (Å²) in [5.74, 6) is 0.970. The molecule has 6 nitrogen and oxygen atoms in total. The highest BCUT2D eigenvalue weighted by atomic mass is 16.5. The highest BCUT2D eigenvalue weighted by molar-refractivity contribution is 5.83. The number of aliphatic hydroxyl groups is 1. The van der Waals surface area contributed by atoms with Crippen LogP contribution in [0.15, 0.2) is 60.9 Å². The maximum Gasteiger partial charge on any atom is 0.145 e. The number of para-hydroxylation sites is 1. The van der Waals surface area contributed by atoms with E-state index >= 15 is 0 Å². The molecular formula is C30H32N4O2. The molecule has 0 amide bonds. The summed E-state index contributed by atoms with van der Waals surface area (Å²) in [7, 11) is 0. The number of ether oxygens (including phenoxy) is 1. The van der Waals surface area contributed by atoms with Crippen LogP contribution in [0.5, 0.6) is 5.75 Å². The smallest absolute Gasteiger partial charge is 0.145 e. The lowest BCUT2D eigenvalue weighted by molar-refractivity contribution is 0.0731. The van der Waals surface area contributed by atoms with Crippen molar-refractivity contribution in [2.75, 3.05) is 23.3 Å². The Labute approximate surface area is 211 Å². The van der Waals surface area contributed by atoms with E-state index in [9.17, 15) is 5.11 Å². The van der Waals surface area contributed by atoms with Crippen LogP contribution in [0, 0.1) is 0 Å². The summed E-state index contributed by atoms with van der Waals surface area (Å²) in [6, 6.07) is 17.1. The Kier molecular flexibility index (Phi) is 5.17. The van der Waals surface area contributed by atoms with Crippen LogP contribution in [0.2, 0.25) is 0 Å². The topological polar surface area (TPSA) is 73.4 Å². The van der Waals surface area contributed by atoms with Crippen molar-refractivity contribution in [2.24, 2.45) is 0 Å². The summed E-state index contributed by atoms with van der Waals surface area (Å²) >= 11 is 0. The lowest BCUT2D eigenvalue weighted by Crippen LogP contribution is -2.49. The average molecular weight is 481 g/mol. The van der Waals surface area contributed by atoms with Gasteiger partial charge in [-0.2, -0.15) is 0 Å². The summed E-state index contributed by atoms with van der Waals surface area (Å²) in [4.78, 5) is 10.4. The molecule has 3 N–H and O–H groups in total. The minimum absolute atomic E-state index is 0.0894. The molecule has 1 saturated carbocycles. The van der Waals surface area contributed by atoms with Gasteiger partial charge < -0.3 is 25.0 Å². The third-order valence-corrected chi connectivity index (χ3v) is 8.30. The SMILES string of the molecule is O[C@@H]1CCc2c(Nc3ccc4c(c3)OC3(CCCC3)CN4CCc3c[nH]c4ccccc34)ccnc21. The van der Waals surface area contributed by atoms with Crippen LogP contribution in [-0.4, -0.2) is 33.8 Å². The van der Waals surface area contributed by atoms with Crippen LogP contribution >= 0.6 is 0 Å². The molecular weight excluding hydrogens is 448 g/mol. The second-order valence-corrected chi connectivity index (χ2v) is 10.6. The maximum absolute atomic E-state index is 10.2. The van der Waals surface area contributed by atoms with Crippen molar-refractivity contribution in [3.8, 4) is 5.75 Å². The number of nitrogens with one attached hydrogen (secondary N) is 2. The zero-order valence-corrected chi connectivity index (χ0v) is 20.5. The Morgan fingerprint density at radius 2 is 2.03 bits per heavy atom. The molecule has 0 saturated heterocycles. The van der Waals surface area contributed by atoms with Crippen molar-refractivity contribution in [2.45, 2.75) is 56.7 Å². The fourth-order valence-electron chi connectivity index (χ4n) is 6.46. The number of hydrogen-bond donors (Lipinski definition) is 3. The molecule has 3 aliphatic rings. The number of pyridine rings is 1. The van der Waals surface area contributed by atoms with Gasteiger partial charge in [-0.25, -0.2) is 0 Å². The number of fused-ring (bicyclic) bond motifs is 3. The van der Waals surface area contributed by atoms with Crippen LogP contribution in [0.4, 0.5) is 17.1 Å². The van der Waals surface area contributed by atoms with Crippen molar-refractivity contribution in [1.29, 1.82) is 0 Å². The lowest BCUT2D eigenvalue weighted by atomic mass is 9.97. The van der Waals surface area contributed by atoms with Crippen LogP contribution in [0.1, 0.15) is 55.0 Å². The highest BCUT2D eigenvalue weighted by Gasteiger charge is 2.42. The third-order valence-electron chi connectivity index (χ3n) is 8.30. The van der Waals surface area contributed by atoms with Gasteiger partial charge >= 0.3 is 0 Å². The molecule has 3 heterocycles. The fourth-order valence-corrected chi connectivity index (χ4v) is 6.46. The fraction of sp³-hybridized carbons (Fsp3) is 0.367. The monoisotopic (exact) mass is 480 g/mol. The minimum Gasteiger partial charge on any atom is -0.483 e. The molecule has 0 bridgehead atoms. The maximum atomic E-state index is 10.2. The normalized spacial score (nSPS) is 19.9. The van der Waals surface area contributed by atoms with Gasteiger partial charge in [0.1, 0.15) is 11.4 Å². The molecule has 1 fully saturated rings. The molecule has 6 heteroatoms. The lowest BCUT2D eigenvalue weighted by Gasteiger charge is -2.43. The van der Waals surface area contributed by atoms with Crippen LogP contribution < -0.4 is 15.0 Å². The quantitative estimate of drug-likeness (QED) is 0.325. The number of hydrogen-bond acceptors (Lipinski definition) is 5. The van der Waals surface area contributed by atoms with Crippen molar-refractivity contribution < 1.29 is 9.84 Å². The average Bonchev–Trinajstić information content (AvgIpc) is 3.62. The number of nitrogens with zero attached hydrogens (tertiary/aromatic N) is 2. The Balaban J connectivity index is 1.18. The van der Waals surface area contributed by atoms with E-state index < -0.39 is 6.10 Å². The Morgan fingerprint density at radius 3 is 2.94 bits per heavy atom. The predicted molar refractivity (Wildman–Crippen MR) is 143 cm³/mol. The first-order valence-electron chi connectivity index (χ1n) is 13.2. The predicted octanol–water partition coefficient (Wildman–Crippen LogP) is 6.04. The molecule has 1 atom stereocenters. The molecule has 4 aromatic rings. The molecule has 2 aromatic carbocycles.